The van der Waals surface area contributed by atoms with Crippen molar-refractivity contribution in [1.82, 2.24) is 19.9 Å². The molecule has 1 saturated carbocycles. The van der Waals surface area contributed by atoms with Gasteiger partial charge < -0.3 is 0 Å². The Kier molecular flexibility index (Phi) is 2.48. The molecule has 0 radical (unpaired) electrons. The molecule has 5 nitrogen and oxygen atoms in total. The standard InChI is InChI=1S/C15H11N5/c1-2-11(1)18-15-12-5-8-17-9-13(12)19-14(20-15)10-3-6-16-7-4-10/h3-9H,1-2H2. The summed E-state index contributed by atoms with van der Waals surface area (Å²) in [5.41, 5.74) is 2.94. The zero-order valence-electron chi connectivity index (χ0n) is 10.7. The van der Waals surface area contributed by atoms with Crippen LogP contribution in [0.1, 0.15) is 12.8 Å². The lowest BCUT2D eigenvalue weighted by Crippen LogP contribution is -1.92. The van der Waals surface area contributed by atoms with Crippen molar-refractivity contribution in [3.63, 3.8) is 0 Å². The van der Waals surface area contributed by atoms with E-state index in [1.54, 1.807) is 24.8 Å². The van der Waals surface area contributed by atoms with Crippen LogP contribution in [-0.4, -0.2) is 25.6 Å². The Morgan fingerprint density at radius 1 is 0.900 bits per heavy atom. The van der Waals surface area contributed by atoms with Crippen molar-refractivity contribution in [3.8, 4) is 11.4 Å². The Labute approximate surface area is 115 Å². The van der Waals surface area contributed by atoms with Gasteiger partial charge in [0.25, 0.3) is 0 Å². The second-order valence-electron chi connectivity index (χ2n) is 4.68. The third-order valence-corrected chi connectivity index (χ3v) is 3.16. The Morgan fingerprint density at radius 3 is 2.50 bits per heavy atom. The Morgan fingerprint density at radius 2 is 1.70 bits per heavy atom. The highest BCUT2D eigenvalue weighted by Gasteiger charge is 2.16. The molecule has 20 heavy (non-hydrogen) atoms. The van der Waals surface area contributed by atoms with Crippen LogP contribution in [0.15, 0.2) is 48.0 Å². The van der Waals surface area contributed by atoms with E-state index in [-0.39, 0.29) is 0 Å². The van der Waals surface area contributed by atoms with Gasteiger partial charge in [-0.25, -0.2) is 15.0 Å². The number of aromatic nitrogens is 4. The molecule has 0 amide bonds. The van der Waals surface area contributed by atoms with Gasteiger partial charge in [-0.2, -0.15) is 0 Å². The molecule has 1 aliphatic rings. The normalized spacial score (nSPS) is 13.5. The molecular weight excluding hydrogens is 250 g/mol. The molecule has 3 heterocycles. The molecule has 1 aliphatic carbocycles. The summed E-state index contributed by atoms with van der Waals surface area (Å²) < 4.78 is 0. The Hall–Kier alpha value is -2.69. The predicted octanol–water partition coefficient (Wildman–Crippen LogP) is 2.95. The van der Waals surface area contributed by atoms with Crippen molar-refractivity contribution in [2.45, 2.75) is 12.8 Å². The van der Waals surface area contributed by atoms with Crippen LogP contribution >= 0.6 is 0 Å². The first kappa shape index (κ1) is 11.2. The fourth-order valence-corrected chi connectivity index (χ4v) is 2.00. The quantitative estimate of drug-likeness (QED) is 0.711. The monoisotopic (exact) mass is 261 g/mol. The zero-order chi connectivity index (χ0) is 13.4. The van der Waals surface area contributed by atoms with E-state index in [0.717, 1.165) is 35.1 Å². The van der Waals surface area contributed by atoms with Crippen LogP contribution in [0.2, 0.25) is 0 Å². The van der Waals surface area contributed by atoms with Crippen LogP contribution in [-0.2, 0) is 0 Å². The number of hydrogen-bond acceptors (Lipinski definition) is 5. The maximum absolute atomic E-state index is 4.61. The van der Waals surface area contributed by atoms with Crippen molar-refractivity contribution in [3.05, 3.63) is 43.0 Å². The second-order valence-corrected chi connectivity index (χ2v) is 4.68. The SMILES string of the molecule is c1cc(-c2nc(N=C3CC3)c3ccncc3n2)ccn1. The maximum Gasteiger partial charge on any atom is 0.163 e. The fraction of sp³-hybridized carbons (Fsp3) is 0.133. The summed E-state index contributed by atoms with van der Waals surface area (Å²) in [6, 6.07) is 5.70. The smallest absolute Gasteiger partial charge is 0.163 e. The van der Waals surface area contributed by atoms with Crippen LogP contribution in [0.4, 0.5) is 5.82 Å². The Bertz CT molecular complexity index is 805. The first-order chi connectivity index (χ1) is 9.90. The van der Waals surface area contributed by atoms with Crippen LogP contribution in [0.5, 0.6) is 0 Å². The molecule has 1 fully saturated rings. The lowest BCUT2D eigenvalue weighted by molar-refractivity contribution is 1.18. The highest BCUT2D eigenvalue weighted by molar-refractivity contribution is 6.01. The van der Waals surface area contributed by atoms with Crippen molar-refractivity contribution in [2.75, 3.05) is 0 Å². The molecule has 4 rings (SSSR count). The second kappa shape index (κ2) is 4.45. The zero-order valence-corrected chi connectivity index (χ0v) is 10.7. The molecule has 5 heteroatoms. The highest BCUT2D eigenvalue weighted by atomic mass is 15.0. The number of pyridine rings is 2. The van der Waals surface area contributed by atoms with E-state index in [1.165, 1.54) is 5.71 Å². The molecule has 0 saturated heterocycles. The van der Waals surface area contributed by atoms with Crippen molar-refractivity contribution >= 4 is 22.4 Å². The summed E-state index contributed by atoms with van der Waals surface area (Å²) in [6.45, 7) is 0. The summed E-state index contributed by atoms with van der Waals surface area (Å²) in [6.07, 6.45) is 9.10. The molecule has 0 aliphatic heterocycles. The minimum absolute atomic E-state index is 0.660. The van der Waals surface area contributed by atoms with E-state index in [9.17, 15) is 0 Å². The van der Waals surface area contributed by atoms with Gasteiger partial charge in [0.2, 0.25) is 0 Å². The average Bonchev–Trinajstić information content (AvgIpc) is 3.32. The van der Waals surface area contributed by atoms with Gasteiger partial charge in [0, 0.05) is 35.3 Å². The van der Waals surface area contributed by atoms with Crippen LogP contribution in [0.3, 0.4) is 0 Å². The van der Waals surface area contributed by atoms with Gasteiger partial charge in [0.05, 0.1) is 11.7 Å². The minimum Gasteiger partial charge on any atom is -0.265 e. The molecule has 0 unspecified atom stereocenters. The van der Waals surface area contributed by atoms with Gasteiger partial charge in [-0.15, -0.1) is 0 Å². The molecule has 0 N–H and O–H groups in total. The highest BCUT2D eigenvalue weighted by Crippen LogP contribution is 2.28. The molecule has 0 spiro atoms. The largest absolute Gasteiger partial charge is 0.265 e. The van der Waals surface area contributed by atoms with Gasteiger partial charge in [-0.1, -0.05) is 0 Å². The predicted molar refractivity (Wildman–Crippen MR) is 76.9 cm³/mol. The summed E-state index contributed by atoms with van der Waals surface area (Å²) >= 11 is 0. The van der Waals surface area contributed by atoms with E-state index in [4.69, 9.17) is 0 Å². The first-order valence-electron chi connectivity index (χ1n) is 6.49. The topological polar surface area (TPSA) is 63.9 Å². The van der Waals surface area contributed by atoms with Gasteiger partial charge >= 0.3 is 0 Å². The van der Waals surface area contributed by atoms with Gasteiger partial charge in [0.15, 0.2) is 11.6 Å². The van der Waals surface area contributed by atoms with E-state index in [1.807, 2.05) is 18.2 Å². The number of fused-ring (bicyclic) bond motifs is 1. The summed E-state index contributed by atoms with van der Waals surface area (Å²) in [5, 5.41) is 0.942. The van der Waals surface area contributed by atoms with E-state index in [0.29, 0.717) is 5.82 Å². The molecule has 3 aromatic heterocycles. The number of nitrogens with zero attached hydrogens (tertiary/aromatic N) is 5. The van der Waals surface area contributed by atoms with E-state index < -0.39 is 0 Å². The molecule has 0 atom stereocenters. The van der Waals surface area contributed by atoms with Crippen LogP contribution in [0, 0.1) is 0 Å². The molecule has 96 valence electrons. The molecule has 0 bridgehead atoms. The van der Waals surface area contributed by atoms with Crippen molar-refractivity contribution in [1.29, 1.82) is 0 Å². The van der Waals surface area contributed by atoms with Crippen molar-refractivity contribution in [2.24, 2.45) is 4.99 Å². The minimum atomic E-state index is 0.660. The Balaban J connectivity index is 1.97. The molecule has 0 aromatic carbocycles. The van der Waals surface area contributed by atoms with Crippen LogP contribution < -0.4 is 0 Å². The maximum atomic E-state index is 4.61. The lowest BCUT2D eigenvalue weighted by atomic mass is 10.2. The number of hydrogen-bond donors (Lipinski definition) is 0. The van der Waals surface area contributed by atoms with Crippen molar-refractivity contribution < 1.29 is 0 Å². The number of aliphatic imine (C=N–C) groups is 1. The fourth-order valence-electron chi connectivity index (χ4n) is 2.00. The van der Waals surface area contributed by atoms with E-state index in [2.05, 4.69) is 24.9 Å². The van der Waals surface area contributed by atoms with Gasteiger partial charge in [-0.05, 0) is 31.0 Å². The lowest BCUT2D eigenvalue weighted by Gasteiger charge is -2.04. The van der Waals surface area contributed by atoms with Gasteiger partial charge in [-0.3, -0.25) is 9.97 Å². The molecule has 3 aromatic rings. The third-order valence-electron chi connectivity index (χ3n) is 3.16. The average molecular weight is 261 g/mol. The first-order valence-corrected chi connectivity index (χ1v) is 6.49. The summed E-state index contributed by atoms with van der Waals surface area (Å²) in [4.78, 5) is 21.9. The number of rotatable bonds is 2. The third kappa shape index (κ3) is 2.03. The summed E-state index contributed by atoms with van der Waals surface area (Å²) in [5.74, 6) is 1.39. The molecular formula is C15H11N5. The van der Waals surface area contributed by atoms with Crippen LogP contribution in [0.25, 0.3) is 22.3 Å². The van der Waals surface area contributed by atoms with E-state index >= 15 is 0 Å². The summed E-state index contributed by atoms with van der Waals surface area (Å²) in [7, 11) is 0. The van der Waals surface area contributed by atoms with Gasteiger partial charge in [0.1, 0.15) is 0 Å².